The molecule has 0 saturated heterocycles. The van der Waals surface area contributed by atoms with Crippen molar-refractivity contribution in [3.8, 4) is 0 Å². The summed E-state index contributed by atoms with van der Waals surface area (Å²) < 4.78 is 27.5. The van der Waals surface area contributed by atoms with Crippen LogP contribution in [0.3, 0.4) is 0 Å². The monoisotopic (exact) mass is 342 g/mol. The van der Waals surface area contributed by atoms with Crippen molar-refractivity contribution in [2.75, 3.05) is 14.1 Å². The van der Waals surface area contributed by atoms with Gasteiger partial charge in [0.2, 0.25) is 0 Å². The molecule has 2 aromatic carbocycles. The standard InChI is InChI=1S/C18H18N2O3S/c1-13-8-10-15(11-9-13)24(22,23)20-16-7-5-4-6-14(16)12-17(20)18(21)19(2)3/h4-12H,1-3H3. The van der Waals surface area contributed by atoms with Crippen LogP contribution >= 0.6 is 0 Å². The molecule has 5 nitrogen and oxygen atoms in total. The highest BCUT2D eigenvalue weighted by atomic mass is 32.2. The van der Waals surface area contributed by atoms with Gasteiger partial charge in [0, 0.05) is 19.5 Å². The van der Waals surface area contributed by atoms with Crippen LogP contribution < -0.4 is 0 Å². The third kappa shape index (κ3) is 2.59. The molecule has 0 N–H and O–H groups in total. The number of hydrogen-bond acceptors (Lipinski definition) is 3. The van der Waals surface area contributed by atoms with E-state index in [0.29, 0.717) is 10.9 Å². The van der Waals surface area contributed by atoms with Crippen molar-refractivity contribution in [1.29, 1.82) is 0 Å². The van der Waals surface area contributed by atoms with Crippen molar-refractivity contribution in [3.63, 3.8) is 0 Å². The van der Waals surface area contributed by atoms with E-state index in [9.17, 15) is 13.2 Å². The van der Waals surface area contributed by atoms with Crippen LogP contribution in [-0.2, 0) is 10.0 Å². The molecule has 0 radical (unpaired) electrons. The molecule has 24 heavy (non-hydrogen) atoms. The number of para-hydroxylation sites is 1. The number of aromatic nitrogens is 1. The number of aryl methyl sites for hydroxylation is 1. The molecule has 0 fully saturated rings. The first kappa shape index (κ1) is 16.3. The average Bonchev–Trinajstić information content (AvgIpc) is 2.94. The van der Waals surface area contributed by atoms with Gasteiger partial charge in [-0.05, 0) is 31.2 Å². The van der Waals surface area contributed by atoms with E-state index in [2.05, 4.69) is 0 Å². The SMILES string of the molecule is Cc1ccc(S(=O)(=O)n2c(C(=O)N(C)C)cc3ccccc32)cc1. The Morgan fingerprint density at radius 2 is 1.62 bits per heavy atom. The van der Waals surface area contributed by atoms with Gasteiger partial charge >= 0.3 is 0 Å². The largest absolute Gasteiger partial charge is 0.343 e. The van der Waals surface area contributed by atoms with E-state index < -0.39 is 10.0 Å². The zero-order chi connectivity index (χ0) is 17.5. The van der Waals surface area contributed by atoms with Gasteiger partial charge in [-0.2, -0.15) is 0 Å². The van der Waals surface area contributed by atoms with Crippen LogP contribution in [0.2, 0.25) is 0 Å². The molecule has 124 valence electrons. The number of hydrogen-bond donors (Lipinski definition) is 0. The van der Waals surface area contributed by atoms with Crippen LogP contribution in [0.1, 0.15) is 16.1 Å². The second kappa shape index (κ2) is 5.79. The lowest BCUT2D eigenvalue weighted by molar-refractivity contribution is 0.0821. The summed E-state index contributed by atoms with van der Waals surface area (Å²) in [6, 6.07) is 15.3. The Kier molecular flexibility index (Phi) is 3.93. The minimum absolute atomic E-state index is 0.127. The lowest BCUT2D eigenvalue weighted by Crippen LogP contribution is -2.27. The summed E-state index contributed by atoms with van der Waals surface area (Å²) in [6.07, 6.45) is 0. The molecule has 0 aliphatic carbocycles. The van der Waals surface area contributed by atoms with E-state index in [1.165, 1.54) is 4.90 Å². The fourth-order valence-electron chi connectivity index (χ4n) is 2.58. The first-order chi connectivity index (χ1) is 11.3. The molecule has 6 heteroatoms. The summed E-state index contributed by atoms with van der Waals surface area (Å²) in [6.45, 7) is 1.89. The van der Waals surface area contributed by atoms with Crippen LogP contribution in [0.25, 0.3) is 10.9 Å². The van der Waals surface area contributed by atoms with Gasteiger partial charge < -0.3 is 4.90 Å². The Balaban J connectivity index is 2.33. The second-order valence-corrected chi connectivity index (χ2v) is 7.66. The topological polar surface area (TPSA) is 59.4 Å². The number of nitrogens with zero attached hydrogens (tertiary/aromatic N) is 2. The first-order valence-electron chi connectivity index (χ1n) is 7.47. The predicted octanol–water partition coefficient (Wildman–Crippen LogP) is 2.89. The summed E-state index contributed by atoms with van der Waals surface area (Å²) >= 11 is 0. The highest BCUT2D eigenvalue weighted by molar-refractivity contribution is 7.90. The van der Waals surface area contributed by atoms with Crippen molar-refractivity contribution < 1.29 is 13.2 Å². The summed E-state index contributed by atoms with van der Waals surface area (Å²) in [4.78, 5) is 14.0. The van der Waals surface area contributed by atoms with Crippen molar-refractivity contribution in [2.45, 2.75) is 11.8 Å². The quantitative estimate of drug-likeness (QED) is 0.735. The van der Waals surface area contributed by atoms with Gasteiger partial charge in [0.25, 0.3) is 15.9 Å². The normalized spacial score (nSPS) is 11.6. The maximum Gasteiger partial charge on any atom is 0.271 e. The van der Waals surface area contributed by atoms with E-state index in [0.717, 1.165) is 9.54 Å². The number of benzene rings is 2. The number of rotatable bonds is 3. The lowest BCUT2D eigenvalue weighted by atomic mass is 10.2. The summed E-state index contributed by atoms with van der Waals surface area (Å²) in [5.74, 6) is -0.359. The number of carbonyl (C=O) groups is 1. The average molecular weight is 342 g/mol. The third-order valence-electron chi connectivity index (χ3n) is 3.85. The summed E-state index contributed by atoms with van der Waals surface area (Å²) in [5.41, 5.74) is 1.58. The number of amides is 1. The van der Waals surface area contributed by atoms with Crippen molar-refractivity contribution in [2.24, 2.45) is 0 Å². The molecular formula is C18H18N2O3S. The van der Waals surface area contributed by atoms with Gasteiger partial charge in [-0.3, -0.25) is 4.79 Å². The molecule has 1 amide bonds. The van der Waals surface area contributed by atoms with Crippen molar-refractivity contribution >= 4 is 26.8 Å². The van der Waals surface area contributed by atoms with Crippen LogP contribution in [0.15, 0.2) is 59.5 Å². The van der Waals surface area contributed by atoms with Gasteiger partial charge in [0.05, 0.1) is 10.4 Å². The van der Waals surface area contributed by atoms with E-state index >= 15 is 0 Å². The Bertz CT molecular complexity index is 1020. The van der Waals surface area contributed by atoms with Gasteiger partial charge in [-0.1, -0.05) is 35.9 Å². The van der Waals surface area contributed by atoms with E-state index in [1.54, 1.807) is 62.6 Å². The molecule has 3 rings (SSSR count). The van der Waals surface area contributed by atoms with E-state index in [4.69, 9.17) is 0 Å². The first-order valence-corrected chi connectivity index (χ1v) is 8.91. The molecule has 1 heterocycles. The Hall–Kier alpha value is -2.60. The third-order valence-corrected chi connectivity index (χ3v) is 5.59. The van der Waals surface area contributed by atoms with Crippen LogP contribution in [0.4, 0.5) is 0 Å². The highest BCUT2D eigenvalue weighted by Crippen LogP contribution is 2.26. The van der Waals surface area contributed by atoms with Gasteiger partial charge in [0.1, 0.15) is 5.69 Å². The maximum absolute atomic E-state index is 13.2. The predicted molar refractivity (Wildman–Crippen MR) is 93.7 cm³/mol. The minimum Gasteiger partial charge on any atom is -0.343 e. The molecule has 1 aromatic heterocycles. The molecule has 3 aromatic rings. The summed E-state index contributed by atoms with van der Waals surface area (Å²) in [7, 11) is -0.679. The second-order valence-electron chi connectivity index (χ2n) is 5.87. The van der Waals surface area contributed by atoms with Crippen LogP contribution in [-0.4, -0.2) is 37.3 Å². The molecular weight excluding hydrogens is 324 g/mol. The smallest absolute Gasteiger partial charge is 0.271 e. The molecule has 0 bridgehead atoms. The molecule has 0 aliphatic rings. The molecule has 0 saturated carbocycles. The fraction of sp³-hybridized carbons (Fsp3) is 0.167. The highest BCUT2D eigenvalue weighted by Gasteiger charge is 2.26. The molecule has 0 spiro atoms. The number of carbonyl (C=O) groups excluding carboxylic acids is 1. The van der Waals surface area contributed by atoms with E-state index in [-0.39, 0.29) is 16.5 Å². The molecule has 0 atom stereocenters. The number of fused-ring (bicyclic) bond motifs is 1. The zero-order valence-electron chi connectivity index (χ0n) is 13.7. The molecule has 0 aliphatic heterocycles. The maximum atomic E-state index is 13.2. The molecule has 0 unspecified atom stereocenters. The van der Waals surface area contributed by atoms with Crippen LogP contribution in [0.5, 0.6) is 0 Å². The van der Waals surface area contributed by atoms with Gasteiger partial charge in [-0.15, -0.1) is 0 Å². The fourth-order valence-corrected chi connectivity index (χ4v) is 4.09. The van der Waals surface area contributed by atoms with Crippen LogP contribution in [0, 0.1) is 6.92 Å². The lowest BCUT2D eigenvalue weighted by Gasteiger charge is -2.14. The zero-order valence-corrected chi connectivity index (χ0v) is 14.5. The summed E-state index contributed by atoms with van der Waals surface area (Å²) in [5, 5.41) is 0.707. The van der Waals surface area contributed by atoms with Gasteiger partial charge in [0.15, 0.2) is 0 Å². The van der Waals surface area contributed by atoms with E-state index in [1.807, 2.05) is 13.0 Å². The minimum atomic E-state index is -3.88. The Morgan fingerprint density at radius 1 is 1.00 bits per heavy atom. The van der Waals surface area contributed by atoms with Crippen molar-refractivity contribution in [3.05, 3.63) is 65.9 Å². The Labute approximate surface area is 141 Å². The van der Waals surface area contributed by atoms with Crippen molar-refractivity contribution in [1.82, 2.24) is 8.87 Å². The Morgan fingerprint density at radius 3 is 2.25 bits per heavy atom. The van der Waals surface area contributed by atoms with Gasteiger partial charge in [-0.25, -0.2) is 12.4 Å².